The second-order valence-electron chi connectivity index (χ2n) is 4.15. The highest BCUT2D eigenvalue weighted by Gasteiger charge is 2.16. The minimum atomic E-state index is -1.82. The number of rotatable bonds is 4. The van der Waals surface area contributed by atoms with Gasteiger partial charge in [-0.1, -0.05) is 12.1 Å². The van der Waals surface area contributed by atoms with Gasteiger partial charge in [0.1, 0.15) is 5.82 Å². The Bertz CT molecular complexity index is 731. The van der Waals surface area contributed by atoms with Crippen LogP contribution in [0.2, 0.25) is 0 Å². The van der Waals surface area contributed by atoms with Gasteiger partial charge in [-0.15, -0.1) is 0 Å². The molecule has 7 heteroatoms. The van der Waals surface area contributed by atoms with Gasteiger partial charge in [0.25, 0.3) is 0 Å². The van der Waals surface area contributed by atoms with Crippen molar-refractivity contribution < 1.29 is 27.3 Å². The fourth-order valence-electron chi connectivity index (χ4n) is 1.69. The third kappa shape index (κ3) is 3.30. The molecule has 110 valence electrons. The van der Waals surface area contributed by atoms with Crippen LogP contribution < -0.4 is 0 Å². The molecule has 0 fully saturated rings. The lowest BCUT2D eigenvalue weighted by Crippen LogP contribution is -2.05. The van der Waals surface area contributed by atoms with Crippen molar-refractivity contribution in [3.63, 3.8) is 0 Å². The van der Waals surface area contributed by atoms with Crippen LogP contribution in [0.15, 0.2) is 41.3 Å². The van der Waals surface area contributed by atoms with E-state index >= 15 is 0 Å². The zero-order valence-electron chi connectivity index (χ0n) is 10.5. The van der Waals surface area contributed by atoms with Crippen molar-refractivity contribution in [3.8, 4) is 0 Å². The monoisotopic (exact) mass is 314 g/mol. The minimum absolute atomic E-state index is 0.0254. The van der Waals surface area contributed by atoms with Crippen LogP contribution in [0, 0.1) is 17.5 Å². The first-order chi connectivity index (χ1) is 9.90. The molecule has 0 radical (unpaired) electrons. The molecule has 2 aromatic carbocycles. The number of carboxylic acids is 1. The molecule has 0 saturated heterocycles. The Kier molecular flexibility index (Phi) is 4.42. The summed E-state index contributed by atoms with van der Waals surface area (Å²) < 4.78 is 51.8. The van der Waals surface area contributed by atoms with Crippen LogP contribution >= 0.6 is 0 Å². The first kappa shape index (κ1) is 15.2. The molecular formula is C14H9F3O3S. The maximum Gasteiger partial charge on any atom is 0.338 e. The Hall–Kier alpha value is -2.15. The number of carboxylic acid groups (broad SMARTS) is 1. The first-order valence-electron chi connectivity index (χ1n) is 5.74. The van der Waals surface area contributed by atoms with E-state index in [0.717, 1.165) is 24.3 Å². The molecule has 0 aliphatic heterocycles. The summed E-state index contributed by atoms with van der Waals surface area (Å²) in [4.78, 5) is 10.8. The van der Waals surface area contributed by atoms with Crippen molar-refractivity contribution >= 4 is 16.8 Å². The molecule has 2 aromatic rings. The summed E-state index contributed by atoms with van der Waals surface area (Å²) in [7, 11) is -1.82. The molecule has 0 heterocycles. The number of carbonyl (C=O) groups is 1. The van der Waals surface area contributed by atoms with Gasteiger partial charge < -0.3 is 5.11 Å². The number of halogens is 3. The second kappa shape index (κ2) is 6.09. The standard InChI is InChI=1S/C14H9F3O3S/c15-11-5-4-9(6-10(11)14(18)19)21(20)7-8-2-1-3-12(16)13(8)17/h1-6H,7H2,(H,18,19). The molecule has 0 spiro atoms. The fourth-order valence-corrected chi connectivity index (χ4v) is 2.84. The summed E-state index contributed by atoms with van der Waals surface area (Å²) in [5, 5.41) is 8.79. The van der Waals surface area contributed by atoms with E-state index in [1.807, 2.05) is 0 Å². The Balaban J connectivity index is 2.31. The Labute approximate surface area is 120 Å². The predicted molar refractivity (Wildman–Crippen MR) is 69.8 cm³/mol. The molecular weight excluding hydrogens is 305 g/mol. The van der Waals surface area contributed by atoms with Gasteiger partial charge in [-0.05, 0) is 24.3 Å². The van der Waals surface area contributed by atoms with Gasteiger partial charge in [-0.2, -0.15) is 0 Å². The van der Waals surface area contributed by atoms with E-state index in [2.05, 4.69) is 0 Å². The van der Waals surface area contributed by atoms with Crippen molar-refractivity contribution in [1.29, 1.82) is 0 Å². The second-order valence-corrected chi connectivity index (χ2v) is 5.60. The number of hydrogen-bond acceptors (Lipinski definition) is 2. The van der Waals surface area contributed by atoms with Crippen LogP contribution in [0.5, 0.6) is 0 Å². The Morgan fingerprint density at radius 3 is 2.48 bits per heavy atom. The SMILES string of the molecule is O=C(O)c1cc(S(=O)Cc2cccc(F)c2F)ccc1F. The van der Waals surface area contributed by atoms with Gasteiger partial charge in [-0.3, -0.25) is 4.21 Å². The molecule has 0 saturated carbocycles. The third-order valence-electron chi connectivity index (χ3n) is 2.75. The first-order valence-corrected chi connectivity index (χ1v) is 7.06. The molecule has 0 aliphatic rings. The summed E-state index contributed by atoms with van der Waals surface area (Å²) >= 11 is 0. The maximum absolute atomic E-state index is 13.5. The summed E-state index contributed by atoms with van der Waals surface area (Å²) in [5.41, 5.74) is -0.727. The zero-order valence-corrected chi connectivity index (χ0v) is 11.3. The van der Waals surface area contributed by atoms with Gasteiger partial charge >= 0.3 is 5.97 Å². The normalized spacial score (nSPS) is 12.1. The van der Waals surface area contributed by atoms with Crippen molar-refractivity contribution in [1.82, 2.24) is 0 Å². The van der Waals surface area contributed by atoms with Crippen LogP contribution in [-0.4, -0.2) is 15.3 Å². The van der Waals surface area contributed by atoms with Crippen molar-refractivity contribution in [2.45, 2.75) is 10.6 Å². The predicted octanol–water partition coefficient (Wildman–Crippen LogP) is 3.11. The van der Waals surface area contributed by atoms with Crippen molar-refractivity contribution in [3.05, 3.63) is 65.0 Å². The molecule has 1 atom stereocenters. The number of aromatic carboxylic acids is 1. The van der Waals surface area contributed by atoms with E-state index in [1.165, 1.54) is 12.1 Å². The van der Waals surface area contributed by atoms with E-state index in [9.17, 15) is 22.2 Å². The van der Waals surface area contributed by atoms with Gasteiger partial charge in [0.15, 0.2) is 11.6 Å². The average molecular weight is 314 g/mol. The minimum Gasteiger partial charge on any atom is -0.478 e. The maximum atomic E-state index is 13.5. The van der Waals surface area contributed by atoms with E-state index in [4.69, 9.17) is 5.11 Å². The van der Waals surface area contributed by atoms with Gasteiger partial charge in [-0.25, -0.2) is 18.0 Å². The highest BCUT2D eigenvalue weighted by molar-refractivity contribution is 7.84. The van der Waals surface area contributed by atoms with Gasteiger partial charge in [0, 0.05) is 10.5 Å². The van der Waals surface area contributed by atoms with Crippen LogP contribution in [0.3, 0.4) is 0 Å². The molecule has 0 aliphatic carbocycles. The molecule has 0 amide bonds. The van der Waals surface area contributed by atoms with E-state index in [1.54, 1.807) is 0 Å². The largest absolute Gasteiger partial charge is 0.478 e. The summed E-state index contributed by atoms with van der Waals surface area (Å²) in [6, 6.07) is 6.43. The average Bonchev–Trinajstić information content (AvgIpc) is 2.44. The van der Waals surface area contributed by atoms with Crippen molar-refractivity contribution in [2.75, 3.05) is 0 Å². The number of hydrogen-bond donors (Lipinski definition) is 1. The molecule has 1 unspecified atom stereocenters. The van der Waals surface area contributed by atoms with Gasteiger partial charge in [0.05, 0.1) is 22.1 Å². The summed E-state index contributed by atoms with van der Waals surface area (Å²) in [6.07, 6.45) is 0. The quantitative estimate of drug-likeness (QED) is 0.943. The van der Waals surface area contributed by atoms with Crippen LogP contribution in [0.25, 0.3) is 0 Å². The molecule has 21 heavy (non-hydrogen) atoms. The van der Waals surface area contributed by atoms with Crippen LogP contribution in [0.4, 0.5) is 13.2 Å². The van der Waals surface area contributed by atoms with Gasteiger partial charge in [0.2, 0.25) is 0 Å². The smallest absolute Gasteiger partial charge is 0.338 e. The zero-order chi connectivity index (χ0) is 15.6. The lowest BCUT2D eigenvalue weighted by atomic mass is 10.2. The molecule has 0 aromatic heterocycles. The van der Waals surface area contributed by atoms with Crippen LogP contribution in [0.1, 0.15) is 15.9 Å². The molecule has 2 rings (SSSR count). The molecule has 0 bridgehead atoms. The van der Waals surface area contributed by atoms with E-state index in [0.29, 0.717) is 0 Å². The van der Waals surface area contributed by atoms with E-state index < -0.39 is 39.8 Å². The lowest BCUT2D eigenvalue weighted by molar-refractivity contribution is 0.0691. The van der Waals surface area contributed by atoms with E-state index in [-0.39, 0.29) is 16.2 Å². The van der Waals surface area contributed by atoms with Crippen LogP contribution in [-0.2, 0) is 16.6 Å². The molecule has 1 N–H and O–H groups in total. The third-order valence-corrected chi connectivity index (χ3v) is 4.10. The Morgan fingerprint density at radius 1 is 1.10 bits per heavy atom. The Morgan fingerprint density at radius 2 is 1.81 bits per heavy atom. The molecule has 3 nitrogen and oxygen atoms in total. The fraction of sp³-hybridized carbons (Fsp3) is 0.0714. The summed E-state index contributed by atoms with van der Waals surface area (Å²) in [6.45, 7) is 0. The number of benzene rings is 2. The lowest BCUT2D eigenvalue weighted by Gasteiger charge is -2.06. The highest BCUT2D eigenvalue weighted by Crippen LogP contribution is 2.19. The van der Waals surface area contributed by atoms with Crippen molar-refractivity contribution in [2.24, 2.45) is 0 Å². The topological polar surface area (TPSA) is 54.4 Å². The summed E-state index contributed by atoms with van der Waals surface area (Å²) in [5.74, 6) is -4.96. The highest BCUT2D eigenvalue weighted by atomic mass is 32.2.